The summed E-state index contributed by atoms with van der Waals surface area (Å²) in [5.41, 5.74) is 3.56. The number of aryl methyl sites for hydroxylation is 1. The Balaban J connectivity index is 2.19. The maximum absolute atomic E-state index is 12.8. The van der Waals surface area contributed by atoms with E-state index in [0.717, 1.165) is 36.3 Å². The molecule has 0 aliphatic heterocycles. The van der Waals surface area contributed by atoms with Crippen LogP contribution in [0, 0.1) is 6.92 Å². The number of hydrogen-bond acceptors (Lipinski definition) is 3. The van der Waals surface area contributed by atoms with Crippen molar-refractivity contribution >= 4 is 17.3 Å². The molecule has 1 N–H and O–H groups in total. The third-order valence-corrected chi connectivity index (χ3v) is 3.72. The van der Waals surface area contributed by atoms with Crippen molar-refractivity contribution in [1.82, 2.24) is 4.98 Å². The fourth-order valence-electron chi connectivity index (χ4n) is 2.46. The van der Waals surface area contributed by atoms with Gasteiger partial charge < -0.3 is 10.2 Å². The lowest BCUT2D eigenvalue weighted by Gasteiger charge is -2.21. The summed E-state index contributed by atoms with van der Waals surface area (Å²) in [6, 6.07) is 9.87. The molecule has 0 atom stereocenters. The van der Waals surface area contributed by atoms with Gasteiger partial charge in [-0.2, -0.15) is 0 Å². The standard InChI is InChI=1S/C19H25N3O/c1-4-6-10-21-17-12-16(13-20-14-17)19(23)22(5-2)18-9-7-8-15(3)11-18/h7-9,11-14,21H,4-6,10H2,1-3H3. The van der Waals surface area contributed by atoms with Gasteiger partial charge in [-0.15, -0.1) is 0 Å². The zero-order valence-electron chi connectivity index (χ0n) is 14.2. The minimum absolute atomic E-state index is 0.0234. The molecule has 0 aliphatic rings. The van der Waals surface area contributed by atoms with E-state index in [4.69, 9.17) is 0 Å². The number of carbonyl (C=O) groups is 1. The second-order valence-corrected chi connectivity index (χ2v) is 5.63. The van der Waals surface area contributed by atoms with Crippen LogP contribution in [0.2, 0.25) is 0 Å². The van der Waals surface area contributed by atoms with Gasteiger partial charge in [0.25, 0.3) is 5.91 Å². The summed E-state index contributed by atoms with van der Waals surface area (Å²) in [5, 5.41) is 3.31. The third-order valence-electron chi connectivity index (χ3n) is 3.72. The van der Waals surface area contributed by atoms with Crippen LogP contribution in [0.5, 0.6) is 0 Å². The van der Waals surface area contributed by atoms with Crippen LogP contribution in [0.15, 0.2) is 42.7 Å². The van der Waals surface area contributed by atoms with Gasteiger partial charge in [-0.25, -0.2) is 0 Å². The summed E-state index contributed by atoms with van der Waals surface area (Å²) in [6.07, 6.45) is 5.62. The molecule has 2 aromatic rings. The molecule has 0 saturated heterocycles. The van der Waals surface area contributed by atoms with Crippen molar-refractivity contribution in [3.05, 3.63) is 53.9 Å². The molecule has 0 unspecified atom stereocenters. The number of hydrogen-bond donors (Lipinski definition) is 1. The van der Waals surface area contributed by atoms with Crippen LogP contribution in [0.3, 0.4) is 0 Å². The Morgan fingerprint density at radius 2 is 2.04 bits per heavy atom. The normalized spacial score (nSPS) is 10.4. The molecule has 4 heteroatoms. The molecule has 4 nitrogen and oxygen atoms in total. The Morgan fingerprint density at radius 3 is 2.74 bits per heavy atom. The highest BCUT2D eigenvalue weighted by Gasteiger charge is 2.16. The predicted molar refractivity (Wildman–Crippen MR) is 96.2 cm³/mol. The number of rotatable bonds is 7. The van der Waals surface area contributed by atoms with Crippen molar-refractivity contribution in [1.29, 1.82) is 0 Å². The number of pyridine rings is 1. The average molecular weight is 311 g/mol. The molecule has 1 aromatic heterocycles. The Hall–Kier alpha value is -2.36. The predicted octanol–water partition coefficient (Wildman–Crippen LogP) is 4.27. The molecule has 1 aromatic carbocycles. The molecule has 23 heavy (non-hydrogen) atoms. The molecule has 2 rings (SSSR count). The largest absolute Gasteiger partial charge is 0.384 e. The van der Waals surface area contributed by atoms with E-state index >= 15 is 0 Å². The van der Waals surface area contributed by atoms with E-state index in [9.17, 15) is 4.79 Å². The van der Waals surface area contributed by atoms with Crippen molar-refractivity contribution in [2.24, 2.45) is 0 Å². The number of anilines is 2. The highest BCUT2D eigenvalue weighted by atomic mass is 16.2. The van der Waals surface area contributed by atoms with Gasteiger partial charge in [-0.3, -0.25) is 9.78 Å². The van der Waals surface area contributed by atoms with Gasteiger partial charge in [0.15, 0.2) is 0 Å². The van der Waals surface area contributed by atoms with Crippen LogP contribution in [0.4, 0.5) is 11.4 Å². The van der Waals surface area contributed by atoms with Gasteiger partial charge in [-0.1, -0.05) is 25.5 Å². The highest BCUT2D eigenvalue weighted by molar-refractivity contribution is 6.06. The number of nitrogens with zero attached hydrogens (tertiary/aromatic N) is 2. The van der Waals surface area contributed by atoms with Crippen LogP contribution in [-0.2, 0) is 0 Å². The molecule has 1 heterocycles. The van der Waals surface area contributed by atoms with Crippen LogP contribution in [-0.4, -0.2) is 24.0 Å². The zero-order valence-corrected chi connectivity index (χ0v) is 14.2. The van der Waals surface area contributed by atoms with Crippen molar-refractivity contribution in [3.8, 4) is 0 Å². The van der Waals surface area contributed by atoms with Gasteiger partial charge in [0, 0.05) is 31.2 Å². The van der Waals surface area contributed by atoms with E-state index in [-0.39, 0.29) is 5.91 Å². The van der Waals surface area contributed by atoms with Gasteiger partial charge >= 0.3 is 0 Å². The van der Waals surface area contributed by atoms with Gasteiger partial charge in [0.2, 0.25) is 0 Å². The van der Waals surface area contributed by atoms with E-state index in [1.165, 1.54) is 0 Å². The molecule has 0 aliphatic carbocycles. The molecule has 1 amide bonds. The molecule has 122 valence electrons. The summed E-state index contributed by atoms with van der Waals surface area (Å²) in [6.45, 7) is 7.68. The topological polar surface area (TPSA) is 45.2 Å². The van der Waals surface area contributed by atoms with Crippen LogP contribution in [0.1, 0.15) is 42.6 Å². The minimum Gasteiger partial charge on any atom is -0.384 e. The van der Waals surface area contributed by atoms with E-state index in [0.29, 0.717) is 12.1 Å². The Kier molecular flexibility index (Phi) is 6.15. The highest BCUT2D eigenvalue weighted by Crippen LogP contribution is 2.19. The fourth-order valence-corrected chi connectivity index (χ4v) is 2.46. The lowest BCUT2D eigenvalue weighted by molar-refractivity contribution is 0.0988. The number of carbonyl (C=O) groups excluding carboxylic acids is 1. The van der Waals surface area contributed by atoms with E-state index in [1.807, 2.05) is 44.2 Å². The van der Waals surface area contributed by atoms with Crippen molar-refractivity contribution in [2.75, 3.05) is 23.3 Å². The molecular formula is C19H25N3O. The zero-order chi connectivity index (χ0) is 16.7. The van der Waals surface area contributed by atoms with Crippen molar-refractivity contribution < 1.29 is 4.79 Å². The minimum atomic E-state index is -0.0234. The average Bonchev–Trinajstić information content (AvgIpc) is 2.56. The number of aromatic nitrogens is 1. The number of amides is 1. The van der Waals surface area contributed by atoms with E-state index in [1.54, 1.807) is 17.3 Å². The van der Waals surface area contributed by atoms with Crippen LogP contribution in [0.25, 0.3) is 0 Å². The smallest absolute Gasteiger partial charge is 0.259 e. The van der Waals surface area contributed by atoms with Crippen LogP contribution < -0.4 is 10.2 Å². The Bertz CT molecular complexity index is 655. The Labute approximate surface area is 138 Å². The summed E-state index contributed by atoms with van der Waals surface area (Å²) in [7, 11) is 0. The number of unbranched alkanes of at least 4 members (excludes halogenated alkanes) is 1. The second kappa shape index (κ2) is 8.32. The fraction of sp³-hybridized carbons (Fsp3) is 0.368. The first kappa shape index (κ1) is 17.0. The third kappa shape index (κ3) is 4.55. The second-order valence-electron chi connectivity index (χ2n) is 5.63. The van der Waals surface area contributed by atoms with E-state index in [2.05, 4.69) is 17.2 Å². The molecule has 0 bridgehead atoms. The van der Waals surface area contributed by atoms with Gasteiger partial charge in [-0.05, 0) is 44.0 Å². The van der Waals surface area contributed by atoms with Crippen molar-refractivity contribution in [2.45, 2.75) is 33.6 Å². The molecule has 0 radical (unpaired) electrons. The van der Waals surface area contributed by atoms with Crippen molar-refractivity contribution in [3.63, 3.8) is 0 Å². The number of nitrogens with one attached hydrogen (secondary N) is 1. The summed E-state index contributed by atoms with van der Waals surface area (Å²) < 4.78 is 0. The maximum Gasteiger partial charge on any atom is 0.259 e. The monoisotopic (exact) mass is 311 g/mol. The first-order chi connectivity index (χ1) is 11.2. The van der Waals surface area contributed by atoms with Gasteiger partial charge in [0.1, 0.15) is 0 Å². The quantitative estimate of drug-likeness (QED) is 0.777. The lowest BCUT2D eigenvalue weighted by Crippen LogP contribution is -2.30. The summed E-state index contributed by atoms with van der Waals surface area (Å²) in [5.74, 6) is -0.0234. The molecule has 0 saturated carbocycles. The first-order valence-corrected chi connectivity index (χ1v) is 8.23. The summed E-state index contributed by atoms with van der Waals surface area (Å²) >= 11 is 0. The lowest BCUT2D eigenvalue weighted by atomic mass is 10.1. The van der Waals surface area contributed by atoms with Gasteiger partial charge in [0.05, 0.1) is 11.3 Å². The van der Waals surface area contributed by atoms with Crippen LogP contribution >= 0.6 is 0 Å². The Morgan fingerprint density at radius 1 is 1.22 bits per heavy atom. The maximum atomic E-state index is 12.8. The SMILES string of the molecule is CCCCNc1cncc(C(=O)N(CC)c2cccc(C)c2)c1. The number of benzene rings is 1. The molecule has 0 spiro atoms. The first-order valence-electron chi connectivity index (χ1n) is 8.23. The van der Waals surface area contributed by atoms with E-state index < -0.39 is 0 Å². The molecular weight excluding hydrogens is 286 g/mol. The summed E-state index contributed by atoms with van der Waals surface area (Å²) in [4.78, 5) is 18.8. The molecule has 0 fully saturated rings.